The second-order valence-electron chi connectivity index (χ2n) is 21.3. The first-order chi connectivity index (χ1) is 34.8. The van der Waals surface area contributed by atoms with Crippen molar-refractivity contribution in [1.29, 1.82) is 0 Å². The number of carbonyl (C=O) groups is 1. The average Bonchev–Trinajstić information content (AvgIpc) is 3.37. The van der Waals surface area contributed by atoms with E-state index in [4.69, 9.17) is 9.47 Å². The highest BCUT2D eigenvalue weighted by Crippen LogP contribution is 2.23. The van der Waals surface area contributed by atoms with Crippen LogP contribution in [0.25, 0.3) is 0 Å². The van der Waals surface area contributed by atoms with Crippen molar-refractivity contribution < 1.29 is 44.9 Å². The summed E-state index contributed by atoms with van der Waals surface area (Å²) in [4.78, 5) is 13.1. The number of hydrogen-bond donors (Lipinski definition) is 7. The minimum atomic E-state index is -1.61. The molecule has 10 heteroatoms. The van der Waals surface area contributed by atoms with E-state index < -0.39 is 61.5 Å². The van der Waals surface area contributed by atoms with Crippen LogP contribution in [0.3, 0.4) is 0 Å². The maximum atomic E-state index is 13.1. The van der Waals surface area contributed by atoms with Gasteiger partial charge in [0.1, 0.15) is 30.5 Å². The molecular formula is C61H115NO9. The molecule has 1 saturated heterocycles. The lowest BCUT2D eigenvalue weighted by atomic mass is 9.99. The number of aliphatic hydroxyl groups is 6. The monoisotopic (exact) mass is 1010 g/mol. The number of aliphatic hydroxyl groups excluding tert-OH is 6. The summed E-state index contributed by atoms with van der Waals surface area (Å²) >= 11 is 0. The zero-order chi connectivity index (χ0) is 51.7. The fraction of sp³-hybridized carbons (Fsp3) is 0.885. The molecule has 0 aromatic carbocycles. The summed E-state index contributed by atoms with van der Waals surface area (Å²) in [5, 5.41) is 65.0. The molecule has 0 aromatic rings. The topological polar surface area (TPSA) is 169 Å². The highest BCUT2D eigenvalue weighted by Gasteiger charge is 2.44. The van der Waals surface area contributed by atoms with Gasteiger partial charge in [-0.3, -0.25) is 4.79 Å². The van der Waals surface area contributed by atoms with E-state index in [1.807, 2.05) is 6.08 Å². The molecule has 1 aliphatic heterocycles. The Morgan fingerprint density at radius 1 is 0.493 bits per heavy atom. The second kappa shape index (κ2) is 50.5. The van der Waals surface area contributed by atoms with Gasteiger partial charge in [-0.25, -0.2) is 0 Å². The van der Waals surface area contributed by atoms with Gasteiger partial charge in [-0.05, 0) is 51.4 Å². The fourth-order valence-corrected chi connectivity index (χ4v) is 9.67. The van der Waals surface area contributed by atoms with Gasteiger partial charge in [0.25, 0.3) is 0 Å². The van der Waals surface area contributed by atoms with Gasteiger partial charge < -0.3 is 45.4 Å². The zero-order valence-corrected chi connectivity index (χ0v) is 46.1. The maximum absolute atomic E-state index is 13.1. The molecule has 1 amide bonds. The van der Waals surface area contributed by atoms with Crippen LogP contribution in [0, 0.1) is 0 Å². The molecule has 0 radical (unpaired) electrons. The van der Waals surface area contributed by atoms with E-state index in [1.165, 1.54) is 212 Å². The Kier molecular flexibility index (Phi) is 48.0. The van der Waals surface area contributed by atoms with E-state index in [0.717, 1.165) is 51.4 Å². The number of unbranched alkanes of at least 4 members (excludes halogenated alkanes) is 37. The van der Waals surface area contributed by atoms with Crippen LogP contribution in [0.4, 0.5) is 0 Å². The number of nitrogens with one attached hydrogen (secondary N) is 1. The summed E-state index contributed by atoms with van der Waals surface area (Å²) in [5.41, 5.74) is 0. The van der Waals surface area contributed by atoms with Crippen LogP contribution in [0.15, 0.2) is 36.5 Å². The molecule has 0 aliphatic carbocycles. The summed E-state index contributed by atoms with van der Waals surface area (Å²) < 4.78 is 11.2. The molecule has 418 valence electrons. The van der Waals surface area contributed by atoms with E-state index in [2.05, 4.69) is 43.5 Å². The van der Waals surface area contributed by atoms with Gasteiger partial charge in [0.05, 0.1) is 25.4 Å². The molecule has 8 atom stereocenters. The predicted octanol–water partition coefficient (Wildman–Crippen LogP) is 14.1. The van der Waals surface area contributed by atoms with Crippen molar-refractivity contribution >= 4 is 5.91 Å². The van der Waals surface area contributed by atoms with Crippen LogP contribution in [0.1, 0.15) is 284 Å². The van der Waals surface area contributed by atoms with Crippen molar-refractivity contribution in [2.45, 2.75) is 332 Å². The summed E-state index contributed by atoms with van der Waals surface area (Å²) in [7, 11) is 0. The SMILES string of the molecule is CCCCCCCCCCC/C=C\C/C=C\CCCCCCCCCCCCCCCCCCC(O)C(=O)NC(COC1OC(CO)C(O)C(O)C1O)C(O)/C=C/CCCCCCCCCCCCCC. The Hall–Kier alpha value is -1.63. The third kappa shape index (κ3) is 39.5. The number of allylic oxidation sites excluding steroid dienone is 5. The Labute approximate surface area is 436 Å². The second-order valence-corrected chi connectivity index (χ2v) is 21.3. The Morgan fingerprint density at radius 3 is 1.25 bits per heavy atom. The number of carbonyl (C=O) groups excluding carboxylic acids is 1. The van der Waals surface area contributed by atoms with Gasteiger partial charge >= 0.3 is 0 Å². The lowest BCUT2D eigenvalue weighted by Crippen LogP contribution is -2.60. The average molecular weight is 1010 g/mol. The molecule has 1 fully saturated rings. The van der Waals surface area contributed by atoms with Crippen molar-refractivity contribution in [1.82, 2.24) is 5.32 Å². The lowest BCUT2D eigenvalue weighted by Gasteiger charge is -2.40. The molecule has 0 spiro atoms. The normalized spacial score (nSPS) is 19.9. The highest BCUT2D eigenvalue weighted by molar-refractivity contribution is 5.80. The van der Waals surface area contributed by atoms with Gasteiger partial charge in [0.2, 0.25) is 5.91 Å². The van der Waals surface area contributed by atoms with Gasteiger partial charge in [-0.15, -0.1) is 0 Å². The predicted molar refractivity (Wildman–Crippen MR) is 296 cm³/mol. The minimum Gasteiger partial charge on any atom is -0.394 e. The van der Waals surface area contributed by atoms with Crippen molar-refractivity contribution in [3.63, 3.8) is 0 Å². The van der Waals surface area contributed by atoms with Crippen molar-refractivity contribution in [3.8, 4) is 0 Å². The molecule has 8 unspecified atom stereocenters. The standard InChI is InChI=1S/C61H115NO9/c1-3-5-7-9-11-13-15-17-19-20-21-22-23-24-25-26-27-28-29-30-31-32-33-34-35-36-38-40-42-44-46-48-50-55(65)60(69)62-53(52-70-61-59(68)58(67)57(66)56(51-63)71-61)54(64)49-47-45-43-41-39-37-18-16-14-12-10-8-6-4-2/h21-22,24-25,47,49,53-59,61,63-68H,3-20,23,26-46,48,50-52H2,1-2H3,(H,62,69)/b22-21-,25-24-,49-47+. The van der Waals surface area contributed by atoms with Gasteiger partial charge in [-0.2, -0.15) is 0 Å². The summed E-state index contributed by atoms with van der Waals surface area (Å²) in [5.74, 6) is -0.614. The zero-order valence-electron chi connectivity index (χ0n) is 46.1. The summed E-state index contributed by atoms with van der Waals surface area (Å²) in [6, 6.07) is -0.979. The van der Waals surface area contributed by atoms with Crippen LogP contribution in [-0.4, -0.2) is 98.7 Å². The third-order valence-corrected chi connectivity index (χ3v) is 14.6. The van der Waals surface area contributed by atoms with Crippen LogP contribution < -0.4 is 5.32 Å². The minimum absolute atomic E-state index is 0.304. The molecular weight excluding hydrogens is 891 g/mol. The van der Waals surface area contributed by atoms with Crippen molar-refractivity contribution in [2.75, 3.05) is 13.2 Å². The highest BCUT2D eigenvalue weighted by atomic mass is 16.7. The third-order valence-electron chi connectivity index (χ3n) is 14.6. The van der Waals surface area contributed by atoms with Crippen LogP contribution >= 0.6 is 0 Å². The Balaban J connectivity index is 2.16. The van der Waals surface area contributed by atoms with Crippen molar-refractivity contribution in [3.05, 3.63) is 36.5 Å². The van der Waals surface area contributed by atoms with Crippen LogP contribution in [-0.2, 0) is 14.3 Å². The molecule has 1 rings (SSSR count). The lowest BCUT2D eigenvalue weighted by molar-refractivity contribution is -0.302. The summed E-state index contributed by atoms with van der Waals surface area (Å²) in [6.07, 6.45) is 55.5. The molecule has 1 aliphatic rings. The van der Waals surface area contributed by atoms with Crippen molar-refractivity contribution in [2.24, 2.45) is 0 Å². The molecule has 7 N–H and O–H groups in total. The van der Waals surface area contributed by atoms with Gasteiger partial charge in [0, 0.05) is 0 Å². The van der Waals surface area contributed by atoms with E-state index in [1.54, 1.807) is 6.08 Å². The molecule has 10 nitrogen and oxygen atoms in total. The smallest absolute Gasteiger partial charge is 0.249 e. The van der Waals surface area contributed by atoms with Gasteiger partial charge in [-0.1, -0.05) is 269 Å². The van der Waals surface area contributed by atoms with Gasteiger partial charge in [0.15, 0.2) is 6.29 Å². The summed E-state index contributed by atoms with van der Waals surface area (Å²) in [6.45, 7) is 3.63. The quantitative estimate of drug-likeness (QED) is 0.0232. The molecule has 71 heavy (non-hydrogen) atoms. The molecule has 0 bridgehead atoms. The first kappa shape index (κ1) is 67.4. The number of amides is 1. The first-order valence-corrected chi connectivity index (χ1v) is 30.3. The fourth-order valence-electron chi connectivity index (χ4n) is 9.67. The molecule has 1 heterocycles. The Bertz CT molecular complexity index is 1230. The number of hydrogen-bond acceptors (Lipinski definition) is 9. The number of rotatable bonds is 52. The maximum Gasteiger partial charge on any atom is 0.249 e. The van der Waals surface area contributed by atoms with E-state index in [9.17, 15) is 35.4 Å². The largest absolute Gasteiger partial charge is 0.394 e. The molecule has 0 aromatic heterocycles. The number of ether oxygens (including phenoxy) is 2. The van der Waals surface area contributed by atoms with E-state index in [0.29, 0.717) is 6.42 Å². The molecule has 0 saturated carbocycles. The van der Waals surface area contributed by atoms with E-state index in [-0.39, 0.29) is 6.61 Å². The first-order valence-electron chi connectivity index (χ1n) is 30.3. The van der Waals surface area contributed by atoms with Crippen LogP contribution in [0.5, 0.6) is 0 Å². The van der Waals surface area contributed by atoms with Crippen LogP contribution in [0.2, 0.25) is 0 Å². The Morgan fingerprint density at radius 2 is 0.859 bits per heavy atom. The van der Waals surface area contributed by atoms with E-state index >= 15 is 0 Å².